The van der Waals surface area contributed by atoms with E-state index >= 15 is 0 Å². The minimum absolute atomic E-state index is 0.0528. The van der Waals surface area contributed by atoms with Crippen LogP contribution in [0.15, 0.2) is 97.1 Å². The highest BCUT2D eigenvalue weighted by molar-refractivity contribution is 5.89. The van der Waals surface area contributed by atoms with Crippen molar-refractivity contribution in [2.75, 3.05) is 144 Å². The first-order valence-electron chi connectivity index (χ1n) is 45.2. The lowest BCUT2D eigenvalue weighted by atomic mass is 9.77. The molecule has 12 heterocycles. The molecule has 10 N–H and O–H groups in total. The van der Waals surface area contributed by atoms with Crippen molar-refractivity contribution in [3.8, 4) is 0 Å². The lowest BCUT2D eigenvalue weighted by Crippen LogP contribution is -2.53. The van der Waals surface area contributed by atoms with E-state index < -0.39 is 77.0 Å². The van der Waals surface area contributed by atoms with Gasteiger partial charge in [-0.15, -0.1) is 0 Å². The number of piperidine rings is 4. The molecule has 6 amide bonds. The fraction of sp³-hybridized carbons (Fsp3) is 0.634. The maximum absolute atomic E-state index is 14.2. The van der Waals surface area contributed by atoms with Gasteiger partial charge in [0.25, 0.3) is 0 Å². The van der Waals surface area contributed by atoms with Crippen LogP contribution in [0.1, 0.15) is 176 Å². The Labute approximate surface area is 727 Å². The van der Waals surface area contributed by atoms with Gasteiger partial charge in [0.15, 0.2) is 0 Å². The van der Waals surface area contributed by atoms with Gasteiger partial charge >= 0.3 is 18.2 Å². The normalized spacial score (nSPS) is 29.3. The van der Waals surface area contributed by atoms with Gasteiger partial charge in [0.05, 0.1) is 33.5 Å². The first-order chi connectivity index (χ1) is 59.9. The van der Waals surface area contributed by atoms with E-state index in [1.807, 2.05) is 28.5 Å². The largest absolute Gasteiger partial charge is 0.453 e. The molecular formula is C93H125F9N14O9. The van der Waals surface area contributed by atoms with Crippen LogP contribution in [0.4, 0.5) is 59.6 Å². The van der Waals surface area contributed by atoms with E-state index in [4.69, 9.17) is 46.6 Å². The number of urea groups is 2. The highest BCUT2D eigenvalue weighted by atomic mass is 19.2. The Morgan fingerprint density at radius 1 is 0.376 bits per heavy atom. The molecule has 18 rings (SSSR count). The lowest BCUT2D eigenvalue weighted by molar-refractivity contribution is -0.134. The zero-order valence-electron chi connectivity index (χ0n) is 72.2. The number of hydrogen-bond acceptors (Lipinski definition) is 17. The van der Waals surface area contributed by atoms with Gasteiger partial charge in [-0.05, 0) is 287 Å². The second-order valence-electron chi connectivity index (χ2n) is 38.3. The summed E-state index contributed by atoms with van der Waals surface area (Å²) in [4.78, 5) is 66.5. The third-order valence-electron chi connectivity index (χ3n) is 29.7. The zero-order chi connectivity index (χ0) is 88.2. The number of ether oxygens (including phenoxy) is 5. The molecule has 5 aromatic rings. The Morgan fingerprint density at radius 2 is 0.648 bits per heavy atom. The SMILES string of the molecule is CC(C)C(=O)N1CCC2(CCN([C@H]3CO[C@H](c4cc(F)ccc4F)[C@@H](N)C3)CC2)C1.COC(=O)N1CCC2(CCN([C@H]3CO[C@H](c4cc(F)ccc4F)[C@@H](N)C3)CC2)C1.N[C@H]1C[C@@H](N2CCC3(CCN(C(=O)NC4CC4)C3)CC2)CO[C@@H]1c1cc(F)ccc1F.N[C@H]1C[C@@H](N2CCC3(CCN(C(=O)Nc4ccc(F)cc4)C3)CC2)CO[C@@H]1c1cc(F)ccc1F. The average Bonchev–Trinajstić information content (AvgIpc) is 1.33. The molecule has 12 atom stereocenters. The predicted octanol–water partition coefficient (Wildman–Crippen LogP) is 12.8. The van der Waals surface area contributed by atoms with Gasteiger partial charge in [-0.2, -0.15) is 0 Å². The van der Waals surface area contributed by atoms with E-state index in [-0.39, 0.29) is 122 Å². The Bertz CT molecular complexity index is 4530. The Hall–Kier alpha value is -7.73. The summed E-state index contributed by atoms with van der Waals surface area (Å²) < 4.78 is 153. The second-order valence-corrected chi connectivity index (χ2v) is 38.3. The summed E-state index contributed by atoms with van der Waals surface area (Å²) in [6.07, 6.45) is 14.6. The van der Waals surface area contributed by atoms with Gasteiger partial charge < -0.3 is 76.9 Å². The maximum atomic E-state index is 14.2. The molecular weight excluding hydrogens is 1630 g/mol. The minimum atomic E-state index is -0.652. The topological polar surface area (TPSA) is 268 Å². The van der Waals surface area contributed by atoms with E-state index in [1.54, 1.807) is 17.0 Å². The van der Waals surface area contributed by atoms with Gasteiger partial charge in [0.2, 0.25) is 5.91 Å². The summed E-state index contributed by atoms with van der Waals surface area (Å²) in [7, 11) is 1.42. The first-order valence-corrected chi connectivity index (χ1v) is 45.2. The predicted molar refractivity (Wildman–Crippen MR) is 453 cm³/mol. The Kier molecular flexibility index (Phi) is 29.2. The van der Waals surface area contributed by atoms with Crippen LogP contribution < -0.4 is 33.6 Å². The molecule has 32 heteroatoms. The van der Waals surface area contributed by atoms with Gasteiger partial charge in [-0.25, -0.2) is 53.9 Å². The van der Waals surface area contributed by atoms with Crippen LogP contribution >= 0.6 is 0 Å². The number of nitrogens with one attached hydrogen (secondary N) is 2. The van der Waals surface area contributed by atoms with Crippen molar-refractivity contribution in [1.29, 1.82) is 0 Å². The number of carbonyl (C=O) groups excluding carboxylic acids is 4. The number of anilines is 1. The van der Waals surface area contributed by atoms with Crippen LogP contribution in [0.2, 0.25) is 0 Å². The van der Waals surface area contributed by atoms with Crippen molar-refractivity contribution in [3.05, 3.63) is 172 Å². The number of methoxy groups -OCH3 is 1. The first kappa shape index (κ1) is 92.0. The average molecular weight is 1750 g/mol. The molecule has 5 aromatic carbocycles. The van der Waals surface area contributed by atoms with Crippen LogP contribution in [0.25, 0.3) is 0 Å². The third kappa shape index (κ3) is 21.9. The minimum Gasteiger partial charge on any atom is -0.453 e. The molecule has 684 valence electrons. The van der Waals surface area contributed by atoms with Gasteiger partial charge in [-0.1, -0.05) is 13.8 Å². The number of carbonyl (C=O) groups is 4. The molecule has 13 fully saturated rings. The Morgan fingerprint density at radius 3 is 0.944 bits per heavy atom. The molecule has 13 aliphatic rings. The quantitative estimate of drug-likeness (QED) is 0.0671. The molecule has 4 spiro atoms. The van der Waals surface area contributed by atoms with Crippen molar-refractivity contribution in [3.63, 3.8) is 0 Å². The fourth-order valence-electron chi connectivity index (χ4n) is 21.8. The number of benzene rings is 5. The lowest BCUT2D eigenvalue weighted by Gasteiger charge is -2.45. The molecule has 125 heavy (non-hydrogen) atoms. The van der Waals surface area contributed by atoms with Crippen molar-refractivity contribution < 1.29 is 82.4 Å². The number of nitrogens with zero attached hydrogens (tertiary/aromatic N) is 8. The van der Waals surface area contributed by atoms with Gasteiger partial charge in [0, 0.05) is 141 Å². The van der Waals surface area contributed by atoms with E-state index in [2.05, 4.69) is 30.2 Å². The molecule has 12 saturated heterocycles. The van der Waals surface area contributed by atoms with Crippen molar-refractivity contribution in [2.24, 2.45) is 50.5 Å². The molecule has 0 unspecified atom stereocenters. The van der Waals surface area contributed by atoms with Crippen LogP contribution in [0, 0.1) is 79.9 Å². The van der Waals surface area contributed by atoms with E-state index in [0.717, 1.165) is 230 Å². The Balaban J connectivity index is 0.000000129. The van der Waals surface area contributed by atoms with Crippen LogP contribution in [0.5, 0.6) is 0 Å². The zero-order valence-corrected chi connectivity index (χ0v) is 72.2. The van der Waals surface area contributed by atoms with E-state index in [1.165, 1.54) is 43.5 Å². The highest BCUT2D eigenvalue weighted by Crippen LogP contribution is 2.48. The number of likely N-dealkylation sites (tertiary alicyclic amines) is 8. The van der Waals surface area contributed by atoms with E-state index in [9.17, 15) is 58.7 Å². The molecule has 0 bridgehead atoms. The van der Waals surface area contributed by atoms with Crippen molar-refractivity contribution in [1.82, 2.24) is 44.5 Å². The van der Waals surface area contributed by atoms with Gasteiger partial charge in [-0.3, -0.25) is 24.4 Å². The molecule has 0 aromatic heterocycles. The molecule has 1 saturated carbocycles. The summed E-state index contributed by atoms with van der Waals surface area (Å²) >= 11 is 0. The van der Waals surface area contributed by atoms with Crippen molar-refractivity contribution in [2.45, 2.75) is 208 Å². The molecule has 12 aliphatic heterocycles. The van der Waals surface area contributed by atoms with Gasteiger partial charge in [0.1, 0.15) is 76.8 Å². The standard InChI is InChI=1S/C26H31F3N4O2.C23H32F2N4O2.C23H33F2N3O2.C21H29F2N3O3/c27-17-1-4-19(5-2-17)31-25(34)33-12-9-26(16-33)7-10-32(11-8-26)20-14-23(30)24(35-15-20)21-13-18(28)3-6-22(21)29;24-15-1-4-19(25)18(11-15)21-20(26)12-17(13-31-21)28-8-5-23(6-9-28)7-10-29(14-23)22(30)27-16-2-3-16;1-15(2)22(29)28-10-7-23(14-28)5-8-27(9-6-23)17-12-20(26)21(30-13-17)18-11-16(24)3-4-19(18)25;1-28-20(27)26-9-6-21(13-26)4-7-25(8-5-21)15-11-18(24)19(29-12-15)16-10-14(22)2-3-17(16)23/h1-6,13,20,23-24H,7-12,14-16,30H2,(H,31,34);1,4,11,16-17,20-21H,2-3,5-10,12-14,26H2,(H,27,30);3-4,11,15,17,20-21H,5-10,12-14,26H2,1-2H3;2-3,10,15,18-19H,4-9,11-13,24H2,1H3/t20-,23+,24-;2*17-,20+,21-;15-,18+,19-/m1111/s1. The molecule has 0 radical (unpaired) electrons. The third-order valence-corrected chi connectivity index (χ3v) is 29.7. The number of hydrogen-bond donors (Lipinski definition) is 6. The maximum Gasteiger partial charge on any atom is 0.409 e. The molecule has 1 aliphatic carbocycles. The summed E-state index contributed by atoms with van der Waals surface area (Å²) in [6.45, 7) is 19.6. The number of nitrogens with two attached hydrogens (primary N) is 4. The van der Waals surface area contributed by atoms with E-state index in [0.29, 0.717) is 76.9 Å². The van der Waals surface area contributed by atoms with Crippen LogP contribution in [-0.4, -0.2) is 256 Å². The second kappa shape index (κ2) is 39.7. The highest BCUT2D eigenvalue weighted by Gasteiger charge is 2.51. The summed E-state index contributed by atoms with van der Waals surface area (Å²) in [5.74, 6) is -3.91. The van der Waals surface area contributed by atoms with Crippen molar-refractivity contribution >= 4 is 29.8 Å². The van der Waals surface area contributed by atoms with Crippen LogP contribution in [-0.2, 0) is 28.5 Å². The fourth-order valence-corrected chi connectivity index (χ4v) is 21.8. The monoisotopic (exact) mass is 1750 g/mol. The smallest absolute Gasteiger partial charge is 0.409 e. The summed E-state index contributed by atoms with van der Waals surface area (Å²) in [5.41, 5.74) is 27.5. The number of amides is 6. The molecule has 23 nitrogen and oxygen atoms in total. The number of halogens is 9. The summed E-state index contributed by atoms with van der Waals surface area (Å²) in [5, 5.41) is 5.96. The van der Waals surface area contributed by atoms with Crippen LogP contribution in [0.3, 0.4) is 0 Å². The number of rotatable bonds is 11. The summed E-state index contributed by atoms with van der Waals surface area (Å²) in [6, 6.07) is 18.9.